The summed E-state index contributed by atoms with van der Waals surface area (Å²) in [5, 5.41) is 0. The third-order valence-electron chi connectivity index (χ3n) is 1.84. The molecular weight excluding hydrogens is 332 g/mol. The van der Waals surface area contributed by atoms with Crippen LogP contribution in [-0.4, -0.2) is 29.1 Å². The van der Waals surface area contributed by atoms with Crippen molar-refractivity contribution >= 4 is 22.0 Å². The number of nitrogens with zero attached hydrogens (tertiary/aromatic N) is 5. The van der Waals surface area contributed by atoms with Crippen LogP contribution in [0.2, 0.25) is 0 Å². The number of allylic oxidation sites excluding steroid dienone is 2. The Balaban J connectivity index is 0. The number of carbonyl (C=O) groups excluding carboxylic acids is 2. The fraction of sp³-hybridized carbons (Fsp3) is 0. The van der Waals surface area contributed by atoms with Crippen molar-refractivity contribution in [2.45, 2.75) is 0 Å². The van der Waals surface area contributed by atoms with E-state index >= 15 is 0 Å². The van der Waals surface area contributed by atoms with E-state index in [0.29, 0.717) is 11.1 Å². The van der Waals surface area contributed by atoms with Crippen LogP contribution in [0.4, 0.5) is 0 Å². The SMILES string of the molecule is O=C1C=CC(=O)c2ccccc21.O=S(=O)(O)O.[N-]=[N+]=N.[N-]=[N+]=[N-]. The van der Waals surface area contributed by atoms with Crippen LogP contribution in [0.1, 0.15) is 20.7 Å². The minimum atomic E-state index is -4.67. The second-order valence-corrected chi connectivity index (χ2v) is 4.14. The van der Waals surface area contributed by atoms with Gasteiger partial charge in [0.25, 0.3) is 0 Å². The number of hydrogen-bond donors (Lipinski definition) is 3. The highest BCUT2D eigenvalue weighted by Gasteiger charge is 2.16. The van der Waals surface area contributed by atoms with Gasteiger partial charge in [-0.05, 0) is 22.6 Å². The predicted molar refractivity (Wildman–Crippen MR) is 77.9 cm³/mol. The Labute approximate surface area is 129 Å². The molecule has 0 radical (unpaired) electrons. The molecule has 0 saturated carbocycles. The molecule has 3 N–H and O–H groups in total. The van der Waals surface area contributed by atoms with Gasteiger partial charge >= 0.3 is 10.4 Å². The molecule has 0 spiro atoms. The van der Waals surface area contributed by atoms with Gasteiger partial charge in [-0.1, -0.05) is 24.3 Å². The zero-order chi connectivity index (χ0) is 18.5. The first-order valence-electron chi connectivity index (χ1n) is 5.17. The summed E-state index contributed by atoms with van der Waals surface area (Å²) in [5.74, 6) is -0.185. The summed E-state index contributed by atoms with van der Waals surface area (Å²) in [5.41, 5.74) is 26.8. The fourth-order valence-electron chi connectivity index (χ4n) is 1.24. The van der Waals surface area contributed by atoms with Gasteiger partial charge in [-0.2, -0.15) is 8.42 Å². The van der Waals surface area contributed by atoms with Crippen molar-refractivity contribution in [2.24, 2.45) is 0 Å². The molecule has 0 fully saturated rings. The molecule has 1 aliphatic rings. The van der Waals surface area contributed by atoms with Crippen LogP contribution in [-0.2, 0) is 10.4 Å². The van der Waals surface area contributed by atoms with Crippen molar-refractivity contribution in [1.29, 1.82) is 5.53 Å². The van der Waals surface area contributed by atoms with E-state index in [4.69, 9.17) is 39.6 Å². The second-order valence-electron chi connectivity index (χ2n) is 3.24. The van der Waals surface area contributed by atoms with Crippen molar-refractivity contribution in [2.75, 3.05) is 0 Å². The molecule has 0 aromatic heterocycles. The smallest absolute Gasteiger partial charge is 0.373 e. The van der Waals surface area contributed by atoms with Crippen LogP contribution in [0.3, 0.4) is 0 Å². The number of rotatable bonds is 0. The summed E-state index contributed by atoms with van der Waals surface area (Å²) < 4.78 is 31.6. The Bertz CT molecular complexity index is 703. The Morgan fingerprint density at radius 1 is 0.913 bits per heavy atom. The molecule has 13 heteroatoms. The number of benzene rings is 1. The highest BCUT2D eigenvalue weighted by Crippen LogP contribution is 2.15. The average Bonchev–Trinajstić information content (AvgIpc) is 2.43. The molecule has 0 bridgehead atoms. The van der Waals surface area contributed by atoms with E-state index in [1.165, 1.54) is 17.1 Å². The number of fused-ring (bicyclic) bond motifs is 1. The molecule has 122 valence electrons. The third kappa shape index (κ3) is 12.3. The number of carbonyl (C=O) groups is 2. The highest BCUT2D eigenvalue weighted by atomic mass is 32.3. The molecule has 12 nitrogen and oxygen atoms in total. The molecule has 0 heterocycles. The Kier molecular flexibility index (Phi) is 11.0. The number of nitrogens with one attached hydrogen (secondary N) is 1. The molecular formula is C10H9N6O6S-. The van der Waals surface area contributed by atoms with Crippen LogP contribution >= 0.6 is 0 Å². The minimum absolute atomic E-state index is 0.0924. The third-order valence-corrected chi connectivity index (χ3v) is 1.84. The van der Waals surface area contributed by atoms with E-state index < -0.39 is 10.4 Å². The highest BCUT2D eigenvalue weighted by molar-refractivity contribution is 7.79. The molecule has 0 amide bonds. The van der Waals surface area contributed by atoms with Gasteiger partial charge < -0.3 is 11.1 Å². The lowest BCUT2D eigenvalue weighted by Crippen LogP contribution is -2.10. The molecule has 1 aromatic carbocycles. The van der Waals surface area contributed by atoms with E-state index in [1.54, 1.807) is 29.2 Å². The van der Waals surface area contributed by atoms with E-state index in [2.05, 4.69) is 0 Å². The predicted octanol–water partition coefficient (Wildman–Crippen LogP) is 2.71. The summed E-state index contributed by atoms with van der Waals surface area (Å²) in [7, 11) is -4.67. The molecule has 1 aliphatic carbocycles. The van der Waals surface area contributed by atoms with Crippen LogP contribution in [0.15, 0.2) is 36.4 Å². The Morgan fingerprint density at radius 2 is 1.13 bits per heavy atom. The van der Waals surface area contributed by atoms with Crippen LogP contribution in [0.5, 0.6) is 0 Å². The van der Waals surface area contributed by atoms with Gasteiger partial charge in [0.15, 0.2) is 11.6 Å². The maximum absolute atomic E-state index is 11.2. The maximum Gasteiger partial charge on any atom is 0.394 e. The van der Waals surface area contributed by atoms with Crippen molar-refractivity contribution in [3.05, 3.63) is 74.0 Å². The summed E-state index contributed by atoms with van der Waals surface area (Å²) in [4.78, 5) is 25.6. The molecule has 0 saturated heterocycles. The van der Waals surface area contributed by atoms with E-state index in [-0.39, 0.29) is 11.6 Å². The minimum Gasteiger partial charge on any atom is -0.373 e. The Morgan fingerprint density at radius 3 is 1.35 bits per heavy atom. The Hall–Kier alpha value is -3.21. The topological polar surface area (TPSA) is 228 Å². The number of ketones is 2. The zero-order valence-electron chi connectivity index (χ0n) is 11.1. The number of hydrogen-bond acceptors (Lipinski definition) is 5. The normalized spacial score (nSPS) is 10.9. The van der Waals surface area contributed by atoms with Gasteiger partial charge in [-0.15, -0.1) is 5.53 Å². The van der Waals surface area contributed by atoms with Crippen LogP contribution < -0.4 is 0 Å². The zero-order valence-corrected chi connectivity index (χ0v) is 12.0. The molecule has 2 rings (SSSR count). The molecule has 1 aromatic rings. The van der Waals surface area contributed by atoms with Crippen molar-refractivity contribution in [3.8, 4) is 0 Å². The average molecular weight is 341 g/mol. The second kappa shape index (κ2) is 11.4. The monoisotopic (exact) mass is 341 g/mol. The molecule has 0 atom stereocenters. The first-order chi connectivity index (χ1) is 10.6. The van der Waals surface area contributed by atoms with Gasteiger partial charge in [0, 0.05) is 11.1 Å². The lowest BCUT2D eigenvalue weighted by atomic mass is 9.95. The fourth-order valence-corrected chi connectivity index (χ4v) is 1.24. The summed E-state index contributed by atoms with van der Waals surface area (Å²) >= 11 is 0. The van der Waals surface area contributed by atoms with Crippen molar-refractivity contribution < 1.29 is 27.1 Å². The quantitative estimate of drug-likeness (QED) is 0.277. The van der Waals surface area contributed by atoms with Gasteiger partial charge in [0.05, 0.1) is 0 Å². The standard InChI is InChI=1S/C10H6O2.HN3.N3.H2O4S/c11-9-5-6-10(12)8-4-2-1-3-7(8)9;2*1-3-2;1-5(2,3)4/h1-6H;1H;;(H2,1,2,3,4)/q;;-1;. The van der Waals surface area contributed by atoms with Gasteiger partial charge in [-0.3, -0.25) is 23.6 Å². The summed E-state index contributed by atoms with van der Waals surface area (Å²) in [6.07, 6.45) is 2.62. The van der Waals surface area contributed by atoms with Crippen molar-refractivity contribution in [3.63, 3.8) is 0 Å². The summed E-state index contributed by atoms with van der Waals surface area (Å²) in [6, 6.07) is 6.84. The van der Waals surface area contributed by atoms with E-state index in [9.17, 15) is 9.59 Å². The first kappa shape index (κ1) is 22.1. The van der Waals surface area contributed by atoms with E-state index in [1.807, 2.05) is 0 Å². The van der Waals surface area contributed by atoms with Gasteiger partial charge in [0.2, 0.25) is 0 Å². The van der Waals surface area contributed by atoms with E-state index in [0.717, 1.165) is 0 Å². The van der Waals surface area contributed by atoms with Crippen LogP contribution in [0, 0.1) is 5.53 Å². The van der Waals surface area contributed by atoms with Crippen LogP contribution in [0.25, 0.3) is 26.4 Å². The molecule has 23 heavy (non-hydrogen) atoms. The summed E-state index contributed by atoms with van der Waals surface area (Å²) in [6.45, 7) is 0. The molecule has 0 aliphatic heterocycles. The van der Waals surface area contributed by atoms with Gasteiger partial charge in [0.1, 0.15) is 0 Å². The molecule has 0 unspecified atom stereocenters. The van der Waals surface area contributed by atoms with Gasteiger partial charge in [-0.25, -0.2) is 0 Å². The first-order valence-corrected chi connectivity index (χ1v) is 6.57. The van der Waals surface area contributed by atoms with Crippen molar-refractivity contribution in [1.82, 2.24) is 0 Å². The maximum atomic E-state index is 11.2. The largest absolute Gasteiger partial charge is 0.394 e. The lowest BCUT2D eigenvalue weighted by Gasteiger charge is -2.06. The lowest BCUT2D eigenvalue weighted by molar-refractivity contribution is 0.0994.